The van der Waals surface area contributed by atoms with Crippen LogP contribution in [0.3, 0.4) is 0 Å². The number of carbonyl (C=O) groups is 1. The van der Waals surface area contributed by atoms with Crippen molar-refractivity contribution in [2.75, 3.05) is 7.11 Å². The maximum Gasteiger partial charge on any atom is 0.313 e. The van der Waals surface area contributed by atoms with Gasteiger partial charge in [-0.25, -0.2) is 0 Å². The predicted octanol–water partition coefficient (Wildman–Crippen LogP) is 10.7. The lowest BCUT2D eigenvalue weighted by molar-refractivity contribution is -0.142. The van der Waals surface area contributed by atoms with Gasteiger partial charge in [0, 0.05) is 0 Å². The van der Waals surface area contributed by atoms with E-state index in [0.29, 0.717) is 0 Å². The van der Waals surface area contributed by atoms with Gasteiger partial charge in [-0.3, -0.25) is 4.79 Å². The van der Waals surface area contributed by atoms with Gasteiger partial charge in [0.25, 0.3) is 0 Å². The quantitative estimate of drug-likeness (QED) is 0.127. The number of ether oxygens (including phenoxy) is 1. The first-order valence-corrected chi connectivity index (χ1v) is 15.1. The lowest BCUT2D eigenvalue weighted by Gasteiger charge is -2.22. The van der Waals surface area contributed by atoms with Crippen LogP contribution in [0.25, 0.3) is 0 Å². The van der Waals surface area contributed by atoms with Crippen LogP contribution < -0.4 is 0 Å². The van der Waals surface area contributed by atoms with E-state index in [4.69, 9.17) is 4.74 Å². The molecule has 2 nitrogen and oxygen atoms in total. The number of benzene rings is 1. The molecule has 1 aromatic carbocycles. The van der Waals surface area contributed by atoms with Crippen molar-refractivity contribution in [2.24, 2.45) is 0 Å². The van der Waals surface area contributed by atoms with E-state index in [-0.39, 0.29) is 17.3 Å². The molecule has 1 unspecified atom stereocenters. The number of methoxy groups -OCH3 is 1. The van der Waals surface area contributed by atoms with Gasteiger partial charge in [-0.2, -0.15) is 0 Å². The predicted molar refractivity (Wildman–Crippen MR) is 153 cm³/mol. The van der Waals surface area contributed by atoms with E-state index < -0.39 is 0 Å². The zero-order chi connectivity index (χ0) is 25.8. The van der Waals surface area contributed by atoms with Crippen LogP contribution in [0.15, 0.2) is 24.3 Å². The highest BCUT2D eigenvalue weighted by molar-refractivity contribution is 5.78. The highest BCUT2D eigenvalue weighted by Crippen LogP contribution is 2.29. The summed E-state index contributed by atoms with van der Waals surface area (Å²) in [4.78, 5) is 12.5. The van der Waals surface area contributed by atoms with Gasteiger partial charge < -0.3 is 4.74 Å². The van der Waals surface area contributed by atoms with Gasteiger partial charge in [0.2, 0.25) is 0 Å². The molecule has 0 aromatic heterocycles. The maximum absolute atomic E-state index is 12.5. The Balaban J connectivity index is 2.07. The second-order valence-electron chi connectivity index (χ2n) is 11.8. The maximum atomic E-state index is 12.5. The fourth-order valence-corrected chi connectivity index (χ4v) is 5.03. The fraction of sp³-hybridized carbons (Fsp3) is 0.788. The summed E-state index contributed by atoms with van der Waals surface area (Å²) in [5.74, 6) is -0.230. The van der Waals surface area contributed by atoms with Gasteiger partial charge in [0.05, 0.1) is 13.0 Å². The summed E-state index contributed by atoms with van der Waals surface area (Å²) < 4.78 is 5.14. The van der Waals surface area contributed by atoms with Crippen molar-refractivity contribution in [3.05, 3.63) is 35.4 Å². The van der Waals surface area contributed by atoms with Crippen molar-refractivity contribution in [2.45, 2.75) is 161 Å². The van der Waals surface area contributed by atoms with Gasteiger partial charge in [0.1, 0.15) is 0 Å². The highest BCUT2D eigenvalue weighted by Gasteiger charge is 2.23. The normalized spacial score (nSPS) is 12.6. The van der Waals surface area contributed by atoms with Crippen LogP contribution in [0, 0.1) is 0 Å². The third-order valence-electron chi connectivity index (χ3n) is 7.49. The topological polar surface area (TPSA) is 26.3 Å². The van der Waals surface area contributed by atoms with Crippen LogP contribution >= 0.6 is 0 Å². The molecule has 35 heavy (non-hydrogen) atoms. The molecular formula is C33H58O2. The Hall–Kier alpha value is -1.31. The molecule has 0 amide bonds. The summed E-state index contributed by atoms with van der Waals surface area (Å²) >= 11 is 0. The Morgan fingerprint density at radius 2 is 1.14 bits per heavy atom. The van der Waals surface area contributed by atoms with Crippen LogP contribution in [0.5, 0.6) is 0 Å². The number of hydrogen-bond acceptors (Lipinski definition) is 2. The summed E-state index contributed by atoms with van der Waals surface area (Å²) in [6.07, 6.45) is 25.7. The molecule has 202 valence electrons. The van der Waals surface area contributed by atoms with Crippen molar-refractivity contribution >= 4 is 5.97 Å². The molecule has 1 rings (SSSR count). The molecule has 0 bridgehead atoms. The average molecular weight is 487 g/mol. The van der Waals surface area contributed by atoms with Crippen LogP contribution in [0.4, 0.5) is 0 Å². The Bertz CT molecular complexity index is 643. The average Bonchev–Trinajstić information content (AvgIpc) is 2.84. The smallest absolute Gasteiger partial charge is 0.313 e. The molecule has 0 fully saturated rings. The molecule has 0 aliphatic carbocycles. The molecule has 0 aliphatic rings. The van der Waals surface area contributed by atoms with E-state index >= 15 is 0 Å². The molecule has 0 N–H and O–H groups in total. The van der Waals surface area contributed by atoms with E-state index in [0.717, 1.165) is 18.4 Å². The van der Waals surface area contributed by atoms with Gasteiger partial charge in [-0.1, -0.05) is 168 Å². The lowest BCUT2D eigenvalue weighted by Crippen LogP contribution is -2.16. The zero-order valence-corrected chi connectivity index (χ0v) is 24.1. The Morgan fingerprint density at radius 3 is 1.54 bits per heavy atom. The van der Waals surface area contributed by atoms with E-state index in [1.807, 2.05) is 0 Å². The van der Waals surface area contributed by atoms with Gasteiger partial charge in [0.15, 0.2) is 0 Å². The number of carbonyl (C=O) groups excluding carboxylic acids is 1. The first-order valence-electron chi connectivity index (χ1n) is 15.1. The summed E-state index contributed by atoms with van der Waals surface area (Å²) in [6.45, 7) is 8.95. The third kappa shape index (κ3) is 15.4. The standard InChI is InChI=1S/C33H58O2/c1-6-7-8-9-10-11-12-13-14-15-16-17-18-19-20-21-22-23-27-31(32(34)35-5)29-25-24-26-30(28-29)33(2,3)4/h24-26,28,31H,6-23,27H2,1-5H3. The van der Waals surface area contributed by atoms with Gasteiger partial charge >= 0.3 is 5.97 Å². The minimum Gasteiger partial charge on any atom is -0.469 e. The highest BCUT2D eigenvalue weighted by atomic mass is 16.5. The lowest BCUT2D eigenvalue weighted by atomic mass is 9.83. The zero-order valence-electron chi connectivity index (χ0n) is 24.1. The monoisotopic (exact) mass is 486 g/mol. The van der Waals surface area contributed by atoms with Crippen molar-refractivity contribution < 1.29 is 9.53 Å². The number of hydrogen-bond donors (Lipinski definition) is 0. The number of unbranched alkanes of at least 4 members (excludes halogenated alkanes) is 17. The summed E-state index contributed by atoms with van der Waals surface area (Å²) in [7, 11) is 1.51. The molecule has 0 heterocycles. The minimum absolute atomic E-state index is 0.0875. The van der Waals surface area contributed by atoms with E-state index in [1.165, 1.54) is 122 Å². The van der Waals surface area contributed by atoms with Crippen LogP contribution in [-0.2, 0) is 14.9 Å². The van der Waals surface area contributed by atoms with Crippen LogP contribution in [-0.4, -0.2) is 13.1 Å². The molecule has 0 aliphatic heterocycles. The molecule has 2 heteroatoms. The summed E-state index contributed by atoms with van der Waals surface area (Å²) in [5.41, 5.74) is 2.47. The minimum atomic E-state index is -0.136. The first kappa shape index (κ1) is 31.7. The van der Waals surface area contributed by atoms with E-state index in [2.05, 4.69) is 52.0 Å². The van der Waals surface area contributed by atoms with Crippen molar-refractivity contribution in [3.63, 3.8) is 0 Å². The van der Waals surface area contributed by atoms with Crippen molar-refractivity contribution in [1.29, 1.82) is 0 Å². The Morgan fingerprint density at radius 1 is 0.714 bits per heavy atom. The third-order valence-corrected chi connectivity index (χ3v) is 7.49. The first-order chi connectivity index (χ1) is 16.9. The van der Waals surface area contributed by atoms with Gasteiger partial charge in [-0.05, 0) is 23.0 Å². The second kappa shape index (κ2) is 19.8. The molecule has 0 radical (unpaired) electrons. The molecule has 1 atom stereocenters. The summed E-state index contributed by atoms with van der Waals surface area (Å²) in [5, 5.41) is 0. The fourth-order valence-electron chi connectivity index (χ4n) is 5.03. The molecule has 0 saturated heterocycles. The van der Waals surface area contributed by atoms with Crippen LogP contribution in [0.1, 0.15) is 167 Å². The van der Waals surface area contributed by atoms with E-state index in [9.17, 15) is 4.79 Å². The largest absolute Gasteiger partial charge is 0.469 e. The molecule has 0 spiro atoms. The molecular weight excluding hydrogens is 428 g/mol. The number of rotatable bonds is 21. The number of esters is 1. The van der Waals surface area contributed by atoms with Crippen molar-refractivity contribution in [1.82, 2.24) is 0 Å². The van der Waals surface area contributed by atoms with Crippen LogP contribution in [0.2, 0.25) is 0 Å². The van der Waals surface area contributed by atoms with Crippen molar-refractivity contribution in [3.8, 4) is 0 Å². The van der Waals surface area contributed by atoms with Gasteiger partial charge in [-0.15, -0.1) is 0 Å². The SMILES string of the molecule is CCCCCCCCCCCCCCCCCCCCC(C(=O)OC)c1cccc(C(C)(C)C)c1. The van der Waals surface area contributed by atoms with E-state index in [1.54, 1.807) is 0 Å². The summed E-state index contributed by atoms with van der Waals surface area (Å²) in [6, 6.07) is 8.54. The second-order valence-corrected chi connectivity index (χ2v) is 11.8. The molecule has 1 aromatic rings. The Labute approximate surface area is 219 Å². The Kier molecular flexibility index (Phi) is 18.0. The molecule has 0 saturated carbocycles.